The summed E-state index contributed by atoms with van der Waals surface area (Å²) in [4.78, 5) is 0. The van der Waals surface area contributed by atoms with Gasteiger partial charge in [-0.05, 0) is 23.8 Å². The summed E-state index contributed by atoms with van der Waals surface area (Å²) < 4.78 is 10.6. The van der Waals surface area contributed by atoms with Crippen molar-refractivity contribution >= 4 is 40.5 Å². The van der Waals surface area contributed by atoms with Crippen molar-refractivity contribution in [1.29, 1.82) is 0 Å². The molecule has 0 amide bonds. The van der Waals surface area contributed by atoms with Crippen LogP contribution in [0.4, 0.5) is 5.69 Å². The zero-order valence-electron chi connectivity index (χ0n) is 10.3. The summed E-state index contributed by atoms with van der Waals surface area (Å²) in [5.74, 6) is 1.34. The lowest BCUT2D eigenvalue weighted by atomic mass is 10.2. The van der Waals surface area contributed by atoms with Crippen LogP contribution in [-0.4, -0.2) is 6.79 Å². The fourth-order valence-corrected chi connectivity index (χ4v) is 2.75. The van der Waals surface area contributed by atoms with Crippen LogP contribution in [0, 0.1) is 0 Å². The number of halogens is 3. The molecule has 104 valence electrons. The molecule has 0 saturated heterocycles. The lowest BCUT2D eigenvalue weighted by molar-refractivity contribution is 0.174. The first-order chi connectivity index (χ1) is 9.61. The van der Waals surface area contributed by atoms with Gasteiger partial charge in [0.25, 0.3) is 0 Å². The fourth-order valence-electron chi connectivity index (χ4n) is 1.96. The van der Waals surface area contributed by atoms with Gasteiger partial charge < -0.3 is 14.8 Å². The number of ether oxygens (including phenoxy) is 2. The van der Waals surface area contributed by atoms with Crippen LogP contribution in [0.2, 0.25) is 15.1 Å². The molecule has 0 fully saturated rings. The third-order valence-corrected chi connectivity index (χ3v) is 3.62. The number of fused-ring (bicyclic) bond motifs is 1. The Labute approximate surface area is 131 Å². The van der Waals surface area contributed by atoms with Gasteiger partial charge in [0, 0.05) is 28.7 Å². The lowest BCUT2D eigenvalue weighted by Gasteiger charge is -2.10. The SMILES string of the molecule is Clc1cc(Cl)cc(CNc2cc3c(cc2Cl)OCO3)c1. The first kappa shape index (κ1) is 13.7. The molecule has 0 radical (unpaired) electrons. The predicted octanol–water partition coefficient (Wildman–Crippen LogP) is 4.99. The normalized spacial score (nSPS) is 12.6. The molecule has 0 bridgehead atoms. The van der Waals surface area contributed by atoms with Gasteiger partial charge >= 0.3 is 0 Å². The molecule has 1 aliphatic heterocycles. The van der Waals surface area contributed by atoms with Gasteiger partial charge in [0.2, 0.25) is 6.79 Å². The minimum Gasteiger partial charge on any atom is -0.454 e. The first-order valence-electron chi connectivity index (χ1n) is 5.90. The molecular formula is C14H10Cl3NO2. The van der Waals surface area contributed by atoms with Crippen LogP contribution in [0.3, 0.4) is 0 Å². The van der Waals surface area contributed by atoms with E-state index in [9.17, 15) is 0 Å². The Bertz CT molecular complexity index is 641. The molecule has 3 rings (SSSR count). The van der Waals surface area contributed by atoms with Gasteiger partial charge in [-0.25, -0.2) is 0 Å². The molecule has 0 atom stereocenters. The Morgan fingerprint density at radius 2 is 1.55 bits per heavy atom. The van der Waals surface area contributed by atoms with E-state index < -0.39 is 0 Å². The van der Waals surface area contributed by atoms with E-state index >= 15 is 0 Å². The van der Waals surface area contributed by atoms with Crippen LogP contribution < -0.4 is 14.8 Å². The molecule has 1 N–H and O–H groups in total. The molecule has 1 heterocycles. The van der Waals surface area contributed by atoms with Crippen LogP contribution >= 0.6 is 34.8 Å². The van der Waals surface area contributed by atoms with Crippen LogP contribution in [0.15, 0.2) is 30.3 Å². The summed E-state index contributed by atoms with van der Waals surface area (Å²) in [7, 11) is 0. The van der Waals surface area contributed by atoms with Crippen molar-refractivity contribution < 1.29 is 9.47 Å². The van der Waals surface area contributed by atoms with Gasteiger partial charge in [-0.1, -0.05) is 34.8 Å². The third-order valence-electron chi connectivity index (χ3n) is 2.87. The summed E-state index contributed by atoms with van der Waals surface area (Å²) in [6.07, 6.45) is 0. The van der Waals surface area contributed by atoms with Gasteiger partial charge in [-0.2, -0.15) is 0 Å². The van der Waals surface area contributed by atoms with Crippen LogP contribution in [0.25, 0.3) is 0 Å². The van der Waals surface area contributed by atoms with Gasteiger partial charge in [0.15, 0.2) is 11.5 Å². The van der Waals surface area contributed by atoms with Gasteiger partial charge in [-0.3, -0.25) is 0 Å². The molecule has 0 aliphatic carbocycles. The van der Waals surface area contributed by atoms with E-state index in [1.54, 1.807) is 12.1 Å². The second kappa shape index (κ2) is 5.60. The highest BCUT2D eigenvalue weighted by Crippen LogP contribution is 2.39. The van der Waals surface area contributed by atoms with Crippen molar-refractivity contribution in [2.45, 2.75) is 6.54 Å². The largest absolute Gasteiger partial charge is 0.454 e. The Morgan fingerprint density at radius 3 is 2.25 bits per heavy atom. The molecule has 2 aromatic carbocycles. The van der Waals surface area contributed by atoms with E-state index in [-0.39, 0.29) is 6.79 Å². The Kier molecular flexibility index (Phi) is 3.83. The topological polar surface area (TPSA) is 30.5 Å². The molecule has 6 heteroatoms. The Morgan fingerprint density at radius 1 is 0.900 bits per heavy atom. The van der Waals surface area contributed by atoms with E-state index in [4.69, 9.17) is 44.3 Å². The number of rotatable bonds is 3. The zero-order chi connectivity index (χ0) is 14.1. The summed E-state index contributed by atoms with van der Waals surface area (Å²) in [6.45, 7) is 0.776. The highest BCUT2D eigenvalue weighted by Gasteiger charge is 2.16. The predicted molar refractivity (Wildman–Crippen MR) is 81.4 cm³/mol. The average molecular weight is 331 g/mol. The molecule has 0 unspecified atom stereocenters. The standard InChI is InChI=1S/C14H10Cl3NO2/c15-9-1-8(2-10(16)3-9)6-18-12-5-14-13(4-11(12)17)19-7-20-14/h1-5,18H,6-7H2. The number of hydrogen-bond acceptors (Lipinski definition) is 3. The van der Waals surface area contributed by atoms with Gasteiger partial charge in [-0.15, -0.1) is 0 Å². The molecule has 2 aromatic rings. The van der Waals surface area contributed by atoms with Crippen LogP contribution in [0.1, 0.15) is 5.56 Å². The quantitative estimate of drug-likeness (QED) is 0.860. The van der Waals surface area contributed by atoms with Crippen LogP contribution in [0.5, 0.6) is 11.5 Å². The lowest BCUT2D eigenvalue weighted by Crippen LogP contribution is -2.00. The number of hydrogen-bond donors (Lipinski definition) is 1. The highest BCUT2D eigenvalue weighted by molar-refractivity contribution is 6.34. The van der Waals surface area contributed by atoms with Crippen molar-refractivity contribution in [3.05, 3.63) is 51.0 Å². The minimum atomic E-state index is 0.221. The molecule has 0 saturated carbocycles. The molecule has 0 aromatic heterocycles. The molecule has 20 heavy (non-hydrogen) atoms. The second-order valence-electron chi connectivity index (χ2n) is 4.32. The molecule has 0 spiro atoms. The zero-order valence-corrected chi connectivity index (χ0v) is 12.5. The van der Waals surface area contributed by atoms with Crippen molar-refractivity contribution in [2.75, 3.05) is 12.1 Å². The second-order valence-corrected chi connectivity index (χ2v) is 5.60. The summed E-state index contributed by atoms with van der Waals surface area (Å²) in [6, 6.07) is 8.94. The fraction of sp³-hybridized carbons (Fsp3) is 0.143. The van der Waals surface area contributed by atoms with E-state index in [2.05, 4.69) is 5.32 Å². The van der Waals surface area contributed by atoms with E-state index in [1.807, 2.05) is 18.2 Å². The monoisotopic (exact) mass is 329 g/mol. The van der Waals surface area contributed by atoms with Crippen molar-refractivity contribution in [3.63, 3.8) is 0 Å². The van der Waals surface area contributed by atoms with Crippen molar-refractivity contribution in [3.8, 4) is 11.5 Å². The number of benzene rings is 2. The highest BCUT2D eigenvalue weighted by atomic mass is 35.5. The maximum Gasteiger partial charge on any atom is 0.231 e. The van der Waals surface area contributed by atoms with Gasteiger partial charge in [0.1, 0.15) is 0 Å². The van der Waals surface area contributed by atoms with Crippen molar-refractivity contribution in [1.82, 2.24) is 0 Å². The number of anilines is 1. The van der Waals surface area contributed by atoms with Gasteiger partial charge in [0.05, 0.1) is 10.7 Å². The van der Waals surface area contributed by atoms with Crippen molar-refractivity contribution in [2.24, 2.45) is 0 Å². The minimum absolute atomic E-state index is 0.221. The Hall–Kier alpha value is -1.29. The molecular weight excluding hydrogens is 321 g/mol. The van der Waals surface area contributed by atoms with E-state index in [0.29, 0.717) is 33.1 Å². The summed E-state index contributed by atoms with van der Waals surface area (Å²) in [5, 5.41) is 5.01. The van der Waals surface area contributed by atoms with Crippen LogP contribution in [-0.2, 0) is 6.54 Å². The third kappa shape index (κ3) is 2.90. The first-order valence-corrected chi connectivity index (χ1v) is 7.03. The summed E-state index contributed by atoms with van der Waals surface area (Å²) in [5.41, 5.74) is 1.74. The molecule has 3 nitrogen and oxygen atoms in total. The average Bonchev–Trinajstić information content (AvgIpc) is 2.81. The Balaban J connectivity index is 1.78. The van der Waals surface area contributed by atoms with E-state index in [0.717, 1.165) is 11.3 Å². The maximum absolute atomic E-state index is 6.19. The molecule has 1 aliphatic rings. The summed E-state index contributed by atoms with van der Waals surface area (Å²) >= 11 is 18.1. The van der Waals surface area contributed by atoms with E-state index in [1.165, 1.54) is 0 Å². The smallest absolute Gasteiger partial charge is 0.231 e. The number of nitrogens with one attached hydrogen (secondary N) is 1. The maximum atomic E-state index is 6.19.